The summed E-state index contributed by atoms with van der Waals surface area (Å²) in [6.45, 7) is 1.46. The van der Waals surface area contributed by atoms with E-state index in [1.807, 2.05) is 6.20 Å². The monoisotopic (exact) mass is 359 g/mol. The van der Waals surface area contributed by atoms with Gasteiger partial charge in [0.1, 0.15) is 4.92 Å². The van der Waals surface area contributed by atoms with Gasteiger partial charge >= 0.3 is 5.88 Å². The fourth-order valence-corrected chi connectivity index (χ4v) is 2.91. The van der Waals surface area contributed by atoms with Crippen LogP contribution in [0.15, 0.2) is 34.1 Å². The summed E-state index contributed by atoms with van der Waals surface area (Å²) in [5, 5.41) is 28.5. The number of hydrogen-bond acceptors (Lipinski definition) is 9. The summed E-state index contributed by atoms with van der Waals surface area (Å²) >= 11 is 0. The number of rotatable bonds is 3. The molecule has 1 saturated heterocycles. The maximum Gasteiger partial charge on any atom is 0.433 e. The van der Waals surface area contributed by atoms with Gasteiger partial charge in [-0.25, -0.2) is 4.68 Å². The molecule has 4 rings (SSSR count). The van der Waals surface area contributed by atoms with Gasteiger partial charge in [-0.1, -0.05) is 0 Å². The number of fused-ring (bicyclic) bond motifs is 1. The lowest BCUT2D eigenvalue weighted by Crippen LogP contribution is -2.34. The molecule has 1 fully saturated rings. The van der Waals surface area contributed by atoms with Gasteiger partial charge in [-0.2, -0.15) is 0 Å². The molecule has 0 saturated carbocycles. The Kier molecular flexibility index (Phi) is 3.84. The molecule has 0 bridgehead atoms. The summed E-state index contributed by atoms with van der Waals surface area (Å²) in [5.74, 6) is 0.614. The van der Waals surface area contributed by atoms with Crippen LogP contribution in [0.1, 0.15) is 18.7 Å². The lowest BCUT2D eigenvalue weighted by atomic mass is 10.1. The van der Waals surface area contributed by atoms with Crippen molar-refractivity contribution in [3.8, 4) is 11.6 Å². The topological polar surface area (TPSA) is 149 Å². The van der Waals surface area contributed by atoms with Gasteiger partial charge in [0, 0.05) is 25.4 Å². The highest BCUT2D eigenvalue weighted by atomic mass is 16.6. The summed E-state index contributed by atoms with van der Waals surface area (Å²) in [7, 11) is 0. The zero-order chi connectivity index (χ0) is 18.3. The third-order valence-electron chi connectivity index (χ3n) is 4.32. The first-order chi connectivity index (χ1) is 12.5. The number of furan rings is 1. The van der Waals surface area contributed by atoms with Crippen molar-refractivity contribution in [1.29, 1.82) is 0 Å². The Balaban J connectivity index is 1.63. The minimum Gasteiger partial charge on any atom is -0.397 e. The number of aliphatic hydroxyl groups is 1. The van der Waals surface area contributed by atoms with Crippen molar-refractivity contribution >= 4 is 12.0 Å². The van der Waals surface area contributed by atoms with Gasteiger partial charge in [0.05, 0.1) is 23.6 Å². The van der Waals surface area contributed by atoms with E-state index in [0.29, 0.717) is 35.9 Å². The summed E-state index contributed by atoms with van der Waals surface area (Å²) in [6, 6.07) is 2.73. The van der Waals surface area contributed by atoms with E-state index in [-0.39, 0.29) is 17.7 Å². The molecule has 2 aromatic heterocycles. The maximum atomic E-state index is 10.8. The van der Waals surface area contributed by atoms with Crippen LogP contribution in [0.2, 0.25) is 0 Å². The Hall–Kier alpha value is -3.34. The average Bonchev–Trinajstić information content (AvgIpc) is 3.24. The second kappa shape index (κ2) is 6.19. The van der Waals surface area contributed by atoms with E-state index in [4.69, 9.17) is 10.2 Å². The number of piperidine rings is 1. The van der Waals surface area contributed by atoms with Crippen LogP contribution in [0.25, 0.3) is 17.7 Å². The molecule has 4 heterocycles. The van der Waals surface area contributed by atoms with Crippen molar-refractivity contribution in [2.45, 2.75) is 18.9 Å². The molecule has 0 atom stereocenters. The van der Waals surface area contributed by atoms with Gasteiger partial charge in [0.15, 0.2) is 11.6 Å². The van der Waals surface area contributed by atoms with Gasteiger partial charge in [-0.05, 0) is 18.9 Å². The number of aliphatic hydroxyl groups excluding tert-OH is 1. The van der Waals surface area contributed by atoms with Crippen LogP contribution >= 0.6 is 0 Å². The minimum absolute atomic E-state index is 0.220. The molecule has 0 amide bonds. The maximum absolute atomic E-state index is 10.8. The molecular weight excluding hydrogens is 342 g/mol. The van der Waals surface area contributed by atoms with Gasteiger partial charge in [-0.15, -0.1) is 10.2 Å². The van der Waals surface area contributed by atoms with E-state index < -0.39 is 4.92 Å². The number of nitrogens with two attached hydrogens (primary N) is 1. The molecule has 0 aliphatic carbocycles. The molecule has 2 aromatic rings. The highest BCUT2D eigenvalue weighted by molar-refractivity contribution is 5.62. The molecule has 11 nitrogen and oxygen atoms in total. The number of nitrogens with zero attached hydrogens (tertiary/aromatic N) is 5. The largest absolute Gasteiger partial charge is 0.433 e. The number of hydrogen-bond donors (Lipinski definition) is 3. The summed E-state index contributed by atoms with van der Waals surface area (Å²) < 4.78 is 6.77. The van der Waals surface area contributed by atoms with Gasteiger partial charge < -0.3 is 20.2 Å². The zero-order valence-electron chi connectivity index (χ0n) is 13.7. The number of aromatic nitrogens is 3. The van der Waals surface area contributed by atoms with E-state index in [1.54, 1.807) is 10.8 Å². The first-order valence-corrected chi connectivity index (χ1v) is 8.10. The Morgan fingerprint density at radius 1 is 1.38 bits per heavy atom. The Bertz CT molecular complexity index is 905. The van der Waals surface area contributed by atoms with Crippen LogP contribution < -0.4 is 11.2 Å². The molecule has 26 heavy (non-hydrogen) atoms. The molecule has 0 unspecified atom stereocenters. The van der Waals surface area contributed by atoms with Crippen LogP contribution in [-0.2, 0) is 0 Å². The molecule has 4 N–H and O–H groups in total. The van der Waals surface area contributed by atoms with E-state index in [0.717, 1.165) is 13.1 Å². The van der Waals surface area contributed by atoms with Gasteiger partial charge in [-0.3, -0.25) is 15.5 Å². The molecule has 136 valence electrons. The first-order valence-electron chi connectivity index (χ1n) is 8.10. The van der Waals surface area contributed by atoms with Crippen LogP contribution in [-0.4, -0.2) is 49.0 Å². The Morgan fingerprint density at radius 3 is 2.85 bits per heavy atom. The first kappa shape index (κ1) is 16.1. The minimum atomic E-state index is -0.613. The summed E-state index contributed by atoms with van der Waals surface area (Å²) in [5.41, 5.74) is 10.3. The van der Waals surface area contributed by atoms with Crippen LogP contribution in [0.3, 0.4) is 0 Å². The van der Waals surface area contributed by atoms with Crippen molar-refractivity contribution in [2.24, 2.45) is 5.73 Å². The molecule has 11 heteroatoms. The van der Waals surface area contributed by atoms with Crippen molar-refractivity contribution < 1.29 is 14.4 Å². The third-order valence-corrected chi connectivity index (χ3v) is 4.32. The average molecular weight is 359 g/mol. The number of nitro groups is 1. The van der Waals surface area contributed by atoms with E-state index >= 15 is 0 Å². The highest BCUT2D eigenvalue weighted by Gasteiger charge is 2.24. The fraction of sp³-hybridized carbons (Fsp3) is 0.333. The van der Waals surface area contributed by atoms with Crippen molar-refractivity contribution in [3.05, 3.63) is 45.7 Å². The number of nitrogens with one attached hydrogen (secondary N) is 1. The zero-order valence-corrected chi connectivity index (χ0v) is 13.7. The molecule has 2 aliphatic rings. The predicted molar refractivity (Wildman–Crippen MR) is 90.8 cm³/mol. The van der Waals surface area contributed by atoms with Crippen LogP contribution in [0, 0.1) is 10.1 Å². The second-order valence-electron chi connectivity index (χ2n) is 6.13. The van der Waals surface area contributed by atoms with Crippen molar-refractivity contribution in [2.75, 3.05) is 18.5 Å². The molecule has 0 radical (unpaired) electrons. The van der Waals surface area contributed by atoms with E-state index in [2.05, 4.69) is 20.5 Å². The molecule has 2 aliphatic heterocycles. The van der Waals surface area contributed by atoms with E-state index in [1.165, 1.54) is 12.1 Å². The molecule has 0 spiro atoms. The lowest BCUT2D eigenvalue weighted by Gasteiger charge is -2.30. The smallest absolute Gasteiger partial charge is 0.397 e. The molecule has 0 aromatic carbocycles. The Labute approximate surface area is 147 Å². The summed E-state index contributed by atoms with van der Waals surface area (Å²) in [4.78, 5) is 12.3. The standard InChI is InChI=1S/C15H17N7O4/c16-10-7-13-17-18-15(12-1-2-14(26-12)22(24)25)21(13)19-11(10)8-20-5-3-9(23)4-6-20/h1-2,7-9,19,23H,3-6,16H2. The van der Waals surface area contributed by atoms with Crippen LogP contribution in [0.5, 0.6) is 0 Å². The molecular formula is C15H17N7O4. The lowest BCUT2D eigenvalue weighted by molar-refractivity contribution is -0.401. The second-order valence-corrected chi connectivity index (χ2v) is 6.13. The number of likely N-dealkylation sites (tertiary alicyclic amines) is 1. The fourth-order valence-electron chi connectivity index (χ4n) is 2.91. The van der Waals surface area contributed by atoms with Gasteiger partial charge in [0.2, 0.25) is 5.82 Å². The quantitative estimate of drug-likeness (QED) is 0.529. The SMILES string of the molecule is NC1=Cc2nnc(-c3ccc([N+](=O)[O-])o3)n2NC1=CN1CCC(O)CC1. The van der Waals surface area contributed by atoms with Gasteiger partial charge in [0.25, 0.3) is 0 Å². The predicted octanol–water partition coefficient (Wildman–Crippen LogP) is 0.601. The highest BCUT2D eigenvalue weighted by Crippen LogP contribution is 2.27. The van der Waals surface area contributed by atoms with Crippen molar-refractivity contribution in [3.63, 3.8) is 0 Å². The summed E-state index contributed by atoms with van der Waals surface area (Å²) in [6.07, 6.45) is 4.69. The van der Waals surface area contributed by atoms with E-state index in [9.17, 15) is 15.2 Å². The van der Waals surface area contributed by atoms with Crippen LogP contribution in [0.4, 0.5) is 5.88 Å². The van der Waals surface area contributed by atoms with Crippen molar-refractivity contribution in [1.82, 2.24) is 19.8 Å². The Morgan fingerprint density at radius 2 is 2.15 bits per heavy atom. The normalized spacial score (nSPS) is 19.2. The third kappa shape index (κ3) is 2.88.